The zero-order valence-corrected chi connectivity index (χ0v) is 15.9. The molecule has 25 heavy (non-hydrogen) atoms. The minimum atomic E-state index is 0.0958. The molecular weight excluding hydrogens is 356 g/mol. The Morgan fingerprint density at radius 1 is 1.28 bits per heavy atom. The molecule has 7 heteroatoms. The van der Waals surface area contributed by atoms with Crippen LogP contribution in [0.5, 0.6) is 0 Å². The average Bonchev–Trinajstić information content (AvgIpc) is 3.17. The number of rotatable bonds is 6. The largest absolute Gasteiger partial charge is 0.349 e. The first-order valence-electron chi connectivity index (χ1n) is 8.00. The van der Waals surface area contributed by atoms with E-state index in [0.29, 0.717) is 15.9 Å². The monoisotopic (exact) mass is 374 g/mol. The third-order valence-electron chi connectivity index (χ3n) is 4.13. The number of hydrogen-bond acceptors (Lipinski definition) is 4. The number of thioether (sulfide) groups is 1. The number of benzene rings is 1. The maximum atomic E-state index is 12.6. The standard InChI is InChI=1S/C18H19ClN4OS/c1-4-22-12(2)8-16(13(22)3)17(24)10-25-18-21-20-11-23(18)15-7-5-6-14(19)9-15/h5-9,11H,4,10H2,1-3H3. The SMILES string of the molecule is CCn1c(C)cc(C(=O)CSc2nncn2-c2cccc(Cl)c2)c1C. The summed E-state index contributed by atoms with van der Waals surface area (Å²) in [6.07, 6.45) is 1.63. The summed E-state index contributed by atoms with van der Waals surface area (Å²) in [7, 11) is 0. The van der Waals surface area contributed by atoms with Gasteiger partial charge < -0.3 is 4.57 Å². The van der Waals surface area contributed by atoms with Crippen LogP contribution in [0.15, 0.2) is 41.8 Å². The lowest BCUT2D eigenvalue weighted by atomic mass is 10.2. The fraction of sp³-hybridized carbons (Fsp3) is 0.278. The van der Waals surface area contributed by atoms with E-state index in [1.54, 1.807) is 6.33 Å². The van der Waals surface area contributed by atoms with Crippen LogP contribution in [0.25, 0.3) is 5.69 Å². The van der Waals surface area contributed by atoms with Crippen LogP contribution in [-0.4, -0.2) is 30.9 Å². The molecule has 1 aromatic carbocycles. The minimum Gasteiger partial charge on any atom is -0.349 e. The van der Waals surface area contributed by atoms with Gasteiger partial charge in [0.15, 0.2) is 10.9 Å². The van der Waals surface area contributed by atoms with Crippen molar-refractivity contribution in [3.63, 3.8) is 0 Å². The van der Waals surface area contributed by atoms with Gasteiger partial charge in [0.05, 0.1) is 11.4 Å². The number of aromatic nitrogens is 4. The maximum Gasteiger partial charge on any atom is 0.196 e. The lowest BCUT2D eigenvalue weighted by Gasteiger charge is -2.07. The summed E-state index contributed by atoms with van der Waals surface area (Å²) in [5.41, 5.74) is 3.77. The van der Waals surface area contributed by atoms with E-state index in [-0.39, 0.29) is 5.78 Å². The summed E-state index contributed by atoms with van der Waals surface area (Å²) in [4.78, 5) is 12.6. The van der Waals surface area contributed by atoms with Crippen LogP contribution in [0.1, 0.15) is 28.7 Å². The van der Waals surface area contributed by atoms with Crippen molar-refractivity contribution in [2.24, 2.45) is 0 Å². The summed E-state index contributed by atoms with van der Waals surface area (Å²) in [6, 6.07) is 9.41. The molecule has 0 aliphatic heterocycles. The Balaban J connectivity index is 1.77. The Morgan fingerprint density at radius 2 is 2.08 bits per heavy atom. The van der Waals surface area contributed by atoms with Crippen molar-refractivity contribution in [2.75, 3.05) is 5.75 Å². The lowest BCUT2D eigenvalue weighted by molar-refractivity contribution is 0.102. The highest BCUT2D eigenvalue weighted by molar-refractivity contribution is 7.99. The molecule has 3 rings (SSSR count). The third-order valence-corrected chi connectivity index (χ3v) is 5.30. The molecule has 0 bridgehead atoms. The van der Waals surface area contributed by atoms with Crippen LogP contribution in [0.4, 0.5) is 0 Å². The molecule has 0 aliphatic rings. The van der Waals surface area contributed by atoms with Crippen LogP contribution >= 0.6 is 23.4 Å². The molecule has 0 spiro atoms. The fourth-order valence-electron chi connectivity index (χ4n) is 2.90. The lowest BCUT2D eigenvalue weighted by Crippen LogP contribution is -2.06. The normalized spacial score (nSPS) is 11.0. The molecule has 0 unspecified atom stereocenters. The predicted octanol–water partition coefficient (Wildman–Crippen LogP) is 4.33. The van der Waals surface area contributed by atoms with Crippen LogP contribution in [0.2, 0.25) is 5.02 Å². The minimum absolute atomic E-state index is 0.0958. The van der Waals surface area contributed by atoms with Crippen LogP contribution in [0, 0.1) is 13.8 Å². The van der Waals surface area contributed by atoms with Gasteiger partial charge in [-0.3, -0.25) is 9.36 Å². The Kier molecular flexibility index (Phi) is 5.30. The Hall–Kier alpha value is -2.05. The van der Waals surface area contributed by atoms with Crippen LogP contribution in [-0.2, 0) is 6.54 Å². The van der Waals surface area contributed by atoms with Crippen molar-refractivity contribution in [1.29, 1.82) is 0 Å². The molecule has 0 aliphatic carbocycles. The molecular formula is C18H19ClN4OS. The Labute approximate surface area is 156 Å². The molecule has 0 saturated carbocycles. The molecule has 0 saturated heterocycles. The van der Waals surface area contributed by atoms with Gasteiger partial charge in [-0.1, -0.05) is 29.4 Å². The summed E-state index contributed by atoms with van der Waals surface area (Å²) in [6.45, 7) is 6.96. The smallest absolute Gasteiger partial charge is 0.196 e. The number of aryl methyl sites for hydroxylation is 1. The first kappa shape index (κ1) is 17.8. The molecule has 0 N–H and O–H groups in total. The Bertz CT molecular complexity index is 916. The van der Waals surface area contributed by atoms with E-state index in [1.807, 2.05) is 48.7 Å². The zero-order chi connectivity index (χ0) is 18.0. The number of nitrogens with zero attached hydrogens (tertiary/aromatic N) is 4. The zero-order valence-electron chi connectivity index (χ0n) is 14.4. The van der Waals surface area contributed by atoms with E-state index in [4.69, 9.17) is 11.6 Å². The molecule has 0 fully saturated rings. The van der Waals surface area contributed by atoms with Gasteiger partial charge >= 0.3 is 0 Å². The van der Waals surface area contributed by atoms with Gasteiger partial charge in [-0.25, -0.2) is 0 Å². The molecule has 3 aromatic rings. The quantitative estimate of drug-likeness (QED) is 0.476. The predicted molar refractivity (Wildman–Crippen MR) is 101 cm³/mol. The molecule has 0 amide bonds. The van der Waals surface area contributed by atoms with Gasteiger partial charge in [0.1, 0.15) is 6.33 Å². The molecule has 2 aromatic heterocycles. The second-order valence-electron chi connectivity index (χ2n) is 5.70. The van der Waals surface area contributed by atoms with E-state index in [2.05, 4.69) is 21.7 Å². The molecule has 0 atom stereocenters. The first-order chi connectivity index (χ1) is 12.0. The summed E-state index contributed by atoms with van der Waals surface area (Å²) < 4.78 is 3.98. The van der Waals surface area contributed by atoms with E-state index in [1.165, 1.54) is 11.8 Å². The topological polar surface area (TPSA) is 52.7 Å². The third kappa shape index (κ3) is 3.65. The van der Waals surface area contributed by atoms with Crippen molar-refractivity contribution >= 4 is 29.1 Å². The van der Waals surface area contributed by atoms with Gasteiger partial charge in [-0.15, -0.1) is 10.2 Å². The van der Waals surface area contributed by atoms with Gasteiger partial charge in [0.25, 0.3) is 0 Å². The number of halogens is 1. The molecule has 2 heterocycles. The summed E-state index contributed by atoms with van der Waals surface area (Å²) in [5, 5.41) is 9.40. The fourth-order valence-corrected chi connectivity index (χ4v) is 3.90. The highest BCUT2D eigenvalue weighted by atomic mass is 35.5. The maximum absolute atomic E-state index is 12.6. The second-order valence-corrected chi connectivity index (χ2v) is 7.08. The van der Waals surface area contributed by atoms with Crippen molar-refractivity contribution in [1.82, 2.24) is 19.3 Å². The Morgan fingerprint density at radius 3 is 2.76 bits per heavy atom. The number of hydrogen-bond donors (Lipinski definition) is 0. The van der Waals surface area contributed by atoms with Crippen molar-refractivity contribution in [2.45, 2.75) is 32.5 Å². The molecule has 0 radical (unpaired) electrons. The van der Waals surface area contributed by atoms with Crippen LogP contribution < -0.4 is 0 Å². The highest BCUT2D eigenvalue weighted by Gasteiger charge is 2.17. The average molecular weight is 375 g/mol. The molecule has 130 valence electrons. The van der Waals surface area contributed by atoms with E-state index in [0.717, 1.165) is 29.2 Å². The first-order valence-corrected chi connectivity index (χ1v) is 9.36. The van der Waals surface area contributed by atoms with E-state index < -0.39 is 0 Å². The summed E-state index contributed by atoms with van der Waals surface area (Å²) in [5.74, 6) is 0.409. The van der Waals surface area contributed by atoms with Gasteiger partial charge in [-0.2, -0.15) is 0 Å². The van der Waals surface area contributed by atoms with Crippen LogP contribution in [0.3, 0.4) is 0 Å². The van der Waals surface area contributed by atoms with Crippen molar-refractivity contribution in [3.05, 3.63) is 58.6 Å². The van der Waals surface area contributed by atoms with Crippen molar-refractivity contribution in [3.8, 4) is 5.69 Å². The number of ketones is 1. The van der Waals surface area contributed by atoms with Gasteiger partial charge in [0, 0.05) is 28.5 Å². The highest BCUT2D eigenvalue weighted by Crippen LogP contribution is 2.24. The number of carbonyl (C=O) groups excluding carboxylic acids is 1. The number of Topliss-reactive ketones (excluding diaryl/α,β-unsaturated/α-hetero) is 1. The molecule has 5 nitrogen and oxygen atoms in total. The second kappa shape index (κ2) is 7.45. The summed E-state index contributed by atoms with van der Waals surface area (Å²) >= 11 is 7.43. The van der Waals surface area contributed by atoms with E-state index in [9.17, 15) is 4.79 Å². The van der Waals surface area contributed by atoms with Gasteiger partial charge in [0.2, 0.25) is 0 Å². The van der Waals surface area contributed by atoms with E-state index >= 15 is 0 Å². The van der Waals surface area contributed by atoms with Crippen molar-refractivity contribution < 1.29 is 4.79 Å². The number of carbonyl (C=O) groups is 1. The van der Waals surface area contributed by atoms with Gasteiger partial charge in [-0.05, 0) is 45.0 Å².